The molecular weight excluding hydrogens is 348 g/mol. The largest absolute Gasteiger partial charge is 0.508 e. The summed E-state index contributed by atoms with van der Waals surface area (Å²) in [6.07, 6.45) is 4.46. The van der Waals surface area contributed by atoms with Crippen molar-refractivity contribution in [3.63, 3.8) is 0 Å². The number of phenolic OH excluding ortho intramolecular Hbond substituents is 1. The Hall–Kier alpha value is -1.83. The van der Waals surface area contributed by atoms with E-state index in [1.807, 2.05) is 31.3 Å². The monoisotopic (exact) mass is 374 g/mol. The molecule has 7 heteroatoms. The van der Waals surface area contributed by atoms with Gasteiger partial charge in [-0.3, -0.25) is 4.90 Å². The summed E-state index contributed by atoms with van der Waals surface area (Å²) in [6.45, 7) is 6.70. The molecule has 0 aliphatic carbocycles. The predicted octanol–water partition coefficient (Wildman–Crippen LogP) is 3.07. The van der Waals surface area contributed by atoms with Gasteiger partial charge in [-0.15, -0.1) is 16.8 Å². The van der Waals surface area contributed by atoms with Crippen LogP contribution in [0.2, 0.25) is 0 Å². The van der Waals surface area contributed by atoms with Crippen molar-refractivity contribution in [3.05, 3.63) is 48.3 Å². The number of hydrogen-bond donors (Lipinski definition) is 1. The molecular formula is C19H26N4O2S. The summed E-state index contributed by atoms with van der Waals surface area (Å²) < 4.78 is 7.80. The van der Waals surface area contributed by atoms with Crippen molar-refractivity contribution in [1.29, 1.82) is 0 Å². The van der Waals surface area contributed by atoms with Crippen LogP contribution in [-0.2, 0) is 24.4 Å². The average molecular weight is 375 g/mol. The van der Waals surface area contributed by atoms with Gasteiger partial charge in [0.2, 0.25) is 0 Å². The van der Waals surface area contributed by atoms with Gasteiger partial charge in [-0.2, -0.15) is 0 Å². The van der Waals surface area contributed by atoms with Crippen LogP contribution < -0.4 is 0 Å². The number of rotatable bonds is 9. The fourth-order valence-corrected chi connectivity index (χ4v) is 4.06. The lowest BCUT2D eigenvalue weighted by Gasteiger charge is -2.17. The summed E-state index contributed by atoms with van der Waals surface area (Å²) in [5, 5.41) is 19.6. The van der Waals surface area contributed by atoms with Crippen molar-refractivity contribution in [3.8, 4) is 5.75 Å². The third-order valence-electron chi connectivity index (χ3n) is 4.37. The van der Waals surface area contributed by atoms with Crippen LogP contribution in [0.25, 0.3) is 0 Å². The van der Waals surface area contributed by atoms with Crippen molar-refractivity contribution in [2.45, 2.75) is 43.7 Å². The van der Waals surface area contributed by atoms with Crippen LogP contribution in [0.15, 0.2) is 42.1 Å². The standard InChI is InChI=1S/C19H26N4O2S/c1-3-10-23-18(13-22(2)12-15-7-4-5-9-17(15)24)20-21-19(23)26-14-16-8-6-11-25-16/h3-5,7,9,16,24H,1,6,8,10-14H2,2H3/t16-/m0/s1. The van der Waals surface area contributed by atoms with Gasteiger partial charge in [-0.25, -0.2) is 0 Å². The minimum absolute atomic E-state index is 0.319. The Morgan fingerprint density at radius 1 is 1.38 bits per heavy atom. The minimum atomic E-state index is 0.319. The molecule has 1 fully saturated rings. The lowest BCUT2D eigenvalue weighted by Crippen LogP contribution is -2.20. The van der Waals surface area contributed by atoms with E-state index in [1.165, 1.54) is 0 Å². The SMILES string of the molecule is C=CCn1c(CN(C)Cc2ccccc2O)nnc1SC[C@@H]1CCCO1. The number of allylic oxidation sites excluding steroid dienone is 1. The number of benzene rings is 1. The maximum atomic E-state index is 9.95. The molecule has 1 N–H and O–H groups in total. The lowest BCUT2D eigenvalue weighted by molar-refractivity contribution is 0.129. The van der Waals surface area contributed by atoms with Crippen molar-refractivity contribution in [1.82, 2.24) is 19.7 Å². The first-order valence-corrected chi connectivity index (χ1v) is 9.88. The average Bonchev–Trinajstić information content (AvgIpc) is 3.26. The molecule has 2 heterocycles. The topological polar surface area (TPSA) is 63.4 Å². The van der Waals surface area contributed by atoms with Gasteiger partial charge in [0.15, 0.2) is 5.16 Å². The maximum absolute atomic E-state index is 9.95. The van der Waals surface area contributed by atoms with E-state index in [-0.39, 0.29) is 0 Å². The Kier molecular flexibility index (Phi) is 6.71. The van der Waals surface area contributed by atoms with Gasteiger partial charge in [-0.05, 0) is 26.0 Å². The number of ether oxygens (including phenoxy) is 1. The molecule has 140 valence electrons. The van der Waals surface area contributed by atoms with Gasteiger partial charge in [-0.1, -0.05) is 36.0 Å². The highest BCUT2D eigenvalue weighted by Crippen LogP contribution is 2.24. The molecule has 0 bridgehead atoms. The number of phenols is 1. The molecule has 0 unspecified atom stereocenters. The molecule has 1 aliphatic rings. The zero-order valence-electron chi connectivity index (χ0n) is 15.2. The summed E-state index contributed by atoms with van der Waals surface area (Å²) in [5.74, 6) is 2.13. The van der Waals surface area contributed by atoms with Gasteiger partial charge >= 0.3 is 0 Å². The Morgan fingerprint density at radius 3 is 2.96 bits per heavy atom. The molecule has 6 nitrogen and oxygen atoms in total. The molecule has 26 heavy (non-hydrogen) atoms. The highest BCUT2D eigenvalue weighted by Gasteiger charge is 2.19. The first kappa shape index (κ1) is 18.9. The Labute approximate surface area is 158 Å². The van der Waals surface area contributed by atoms with Gasteiger partial charge in [0, 0.05) is 31.0 Å². The van der Waals surface area contributed by atoms with Crippen molar-refractivity contribution in [2.24, 2.45) is 0 Å². The van der Waals surface area contributed by atoms with E-state index in [4.69, 9.17) is 4.74 Å². The second kappa shape index (κ2) is 9.21. The Morgan fingerprint density at radius 2 is 2.23 bits per heavy atom. The Balaban J connectivity index is 1.64. The molecule has 1 saturated heterocycles. The molecule has 1 aromatic heterocycles. The molecule has 0 radical (unpaired) electrons. The predicted molar refractivity (Wildman–Crippen MR) is 103 cm³/mol. The zero-order valence-corrected chi connectivity index (χ0v) is 16.0. The molecule has 1 atom stereocenters. The van der Waals surface area contributed by atoms with Gasteiger partial charge in [0.25, 0.3) is 0 Å². The smallest absolute Gasteiger partial charge is 0.191 e. The van der Waals surface area contributed by atoms with E-state index in [2.05, 4.69) is 26.2 Å². The molecule has 2 aromatic rings. The van der Waals surface area contributed by atoms with Crippen molar-refractivity contribution >= 4 is 11.8 Å². The number of para-hydroxylation sites is 1. The van der Waals surface area contributed by atoms with E-state index in [1.54, 1.807) is 17.8 Å². The molecule has 0 amide bonds. The molecule has 1 aliphatic heterocycles. The summed E-state index contributed by atoms with van der Waals surface area (Å²) in [6, 6.07) is 7.41. The maximum Gasteiger partial charge on any atom is 0.191 e. The fourth-order valence-electron chi connectivity index (χ4n) is 3.03. The first-order valence-electron chi connectivity index (χ1n) is 8.90. The number of aromatic hydroxyl groups is 1. The highest BCUT2D eigenvalue weighted by atomic mass is 32.2. The molecule has 1 aromatic carbocycles. The van der Waals surface area contributed by atoms with Crippen LogP contribution in [0.3, 0.4) is 0 Å². The van der Waals surface area contributed by atoms with Gasteiger partial charge < -0.3 is 14.4 Å². The van der Waals surface area contributed by atoms with E-state index in [0.717, 1.165) is 41.7 Å². The second-order valence-corrected chi connectivity index (χ2v) is 7.53. The summed E-state index contributed by atoms with van der Waals surface area (Å²) in [4.78, 5) is 2.12. The quantitative estimate of drug-likeness (QED) is 0.538. The van der Waals surface area contributed by atoms with Crippen LogP contribution >= 0.6 is 11.8 Å². The van der Waals surface area contributed by atoms with Crippen LogP contribution in [0.1, 0.15) is 24.2 Å². The van der Waals surface area contributed by atoms with Crippen LogP contribution in [-0.4, -0.2) is 50.3 Å². The normalized spacial score (nSPS) is 17.1. The van der Waals surface area contributed by atoms with Crippen molar-refractivity contribution in [2.75, 3.05) is 19.4 Å². The number of aromatic nitrogens is 3. The summed E-state index contributed by atoms with van der Waals surface area (Å²) in [7, 11) is 2.01. The third kappa shape index (κ3) is 4.87. The minimum Gasteiger partial charge on any atom is -0.508 e. The van der Waals surface area contributed by atoms with Gasteiger partial charge in [0.1, 0.15) is 11.6 Å². The van der Waals surface area contributed by atoms with Crippen molar-refractivity contribution < 1.29 is 9.84 Å². The van der Waals surface area contributed by atoms with Crippen LogP contribution in [0.4, 0.5) is 0 Å². The number of nitrogens with zero attached hydrogens (tertiary/aromatic N) is 4. The molecule has 0 saturated carbocycles. The molecule has 0 spiro atoms. The lowest BCUT2D eigenvalue weighted by atomic mass is 10.2. The van der Waals surface area contributed by atoms with E-state index in [9.17, 15) is 5.11 Å². The zero-order chi connectivity index (χ0) is 18.4. The van der Waals surface area contributed by atoms with Gasteiger partial charge in [0.05, 0.1) is 12.6 Å². The Bertz CT molecular complexity index is 728. The first-order chi connectivity index (χ1) is 12.7. The fraction of sp³-hybridized carbons (Fsp3) is 0.474. The number of hydrogen-bond acceptors (Lipinski definition) is 6. The summed E-state index contributed by atoms with van der Waals surface area (Å²) in [5.41, 5.74) is 0.901. The highest BCUT2D eigenvalue weighted by molar-refractivity contribution is 7.99. The van der Waals surface area contributed by atoms with Crippen LogP contribution in [0, 0.1) is 0 Å². The third-order valence-corrected chi connectivity index (χ3v) is 5.47. The second-order valence-electron chi connectivity index (χ2n) is 6.55. The van der Waals surface area contributed by atoms with E-state index in [0.29, 0.717) is 31.5 Å². The van der Waals surface area contributed by atoms with E-state index < -0.39 is 0 Å². The van der Waals surface area contributed by atoms with E-state index >= 15 is 0 Å². The summed E-state index contributed by atoms with van der Waals surface area (Å²) >= 11 is 1.70. The molecule has 3 rings (SSSR count). The van der Waals surface area contributed by atoms with Crippen LogP contribution in [0.5, 0.6) is 5.75 Å². The number of thioether (sulfide) groups is 1.